The Morgan fingerprint density at radius 1 is 1.43 bits per heavy atom. The molecule has 5 heteroatoms. The molecule has 1 N–H and O–H groups in total. The molecular weight excluding hydrogens is 264 g/mol. The lowest BCUT2D eigenvalue weighted by Gasteiger charge is -2.33. The van der Waals surface area contributed by atoms with Crippen LogP contribution in [0.1, 0.15) is 36.7 Å². The summed E-state index contributed by atoms with van der Waals surface area (Å²) in [5.74, 6) is -0.0941. The first-order valence-electron chi connectivity index (χ1n) is 7.70. The number of nitrogens with one attached hydrogen (secondary N) is 1. The SMILES string of the molecule is CC1CCCCN1CCNC(=O)c1cn2ccccc2n1. The quantitative estimate of drug-likeness (QED) is 0.934. The first kappa shape index (κ1) is 14.1. The minimum Gasteiger partial charge on any atom is -0.349 e. The molecule has 0 bridgehead atoms. The molecule has 112 valence electrons. The van der Waals surface area contributed by atoms with Crippen LogP contribution in [-0.4, -0.2) is 45.9 Å². The van der Waals surface area contributed by atoms with Crippen LogP contribution in [0, 0.1) is 0 Å². The molecule has 0 saturated carbocycles. The molecule has 3 heterocycles. The van der Waals surface area contributed by atoms with Gasteiger partial charge in [0.05, 0.1) is 0 Å². The van der Waals surface area contributed by atoms with E-state index in [2.05, 4.69) is 22.1 Å². The number of hydrogen-bond acceptors (Lipinski definition) is 3. The van der Waals surface area contributed by atoms with Gasteiger partial charge in [-0.1, -0.05) is 12.5 Å². The standard InChI is InChI=1S/C16H22N4O/c1-13-6-2-4-9-19(13)11-8-17-16(21)14-12-20-10-5-3-7-15(20)18-14/h3,5,7,10,12-13H,2,4,6,8-9,11H2,1H3,(H,17,21). The van der Waals surface area contributed by atoms with Crippen LogP contribution in [-0.2, 0) is 0 Å². The fourth-order valence-electron chi connectivity index (χ4n) is 2.94. The van der Waals surface area contributed by atoms with Gasteiger partial charge in [0.2, 0.25) is 0 Å². The number of carbonyl (C=O) groups excluding carboxylic acids is 1. The molecule has 0 aromatic carbocycles. The third kappa shape index (κ3) is 3.24. The lowest BCUT2D eigenvalue weighted by molar-refractivity contribution is 0.0934. The summed E-state index contributed by atoms with van der Waals surface area (Å²) in [5, 5.41) is 2.97. The molecule has 21 heavy (non-hydrogen) atoms. The third-order valence-corrected chi connectivity index (χ3v) is 4.22. The number of carbonyl (C=O) groups is 1. The molecule has 1 aliphatic heterocycles. The maximum absolute atomic E-state index is 12.1. The van der Waals surface area contributed by atoms with Crippen molar-refractivity contribution in [1.82, 2.24) is 19.6 Å². The van der Waals surface area contributed by atoms with Gasteiger partial charge in [0, 0.05) is 31.5 Å². The number of likely N-dealkylation sites (tertiary alicyclic amines) is 1. The number of nitrogens with zero attached hydrogens (tertiary/aromatic N) is 3. The largest absolute Gasteiger partial charge is 0.349 e. The van der Waals surface area contributed by atoms with Gasteiger partial charge in [-0.05, 0) is 38.4 Å². The molecule has 0 spiro atoms. The maximum Gasteiger partial charge on any atom is 0.271 e. The van der Waals surface area contributed by atoms with Gasteiger partial charge >= 0.3 is 0 Å². The van der Waals surface area contributed by atoms with E-state index in [0.717, 1.165) is 18.7 Å². The summed E-state index contributed by atoms with van der Waals surface area (Å²) in [5.41, 5.74) is 1.28. The van der Waals surface area contributed by atoms with Crippen molar-refractivity contribution in [3.8, 4) is 0 Å². The molecule has 1 unspecified atom stereocenters. The van der Waals surface area contributed by atoms with Crippen molar-refractivity contribution in [3.05, 3.63) is 36.3 Å². The van der Waals surface area contributed by atoms with Gasteiger partial charge in [0.15, 0.2) is 0 Å². The summed E-state index contributed by atoms with van der Waals surface area (Å²) in [4.78, 5) is 18.9. The van der Waals surface area contributed by atoms with Gasteiger partial charge in [-0.15, -0.1) is 0 Å². The molecule has 2 aromatic rings. The lowest BCUT2D eigenvalue weighted by Crippen LogP contribution is -2.42. The summed E-state index contributed by atoms with van der Waals surface area (Å²) in [6.07, 6.45) is 7.53. The molecule has 1 fully saturated rings. The minimum atomic E-state index is -0.0941. The van der Waals surface area contributed by atoms with Crippen molar-refractivity contribution < 1.29 is 4.79 Å². The van der Waals surface area contributed by atoms with E-state index in [1.54, 1.807) is 6.20 Å². The van der Waals surface area contributed by atoms with E-state index in [4.69, 9.17) is 0 Å². The molecule has 0 aliphatic carbocycles. The van der Waals surface area contributed by atoms with Crippen LogP contribution in [0.4, 0.5) is 0 Å². The topological polar surface area (TPSA) is 49.6 Å². The minimum absolute atomic E-state index is 0.0941. The molecule has 3 rings (SSSR count). The lowest BCUT2D eigenvalue weighted by atomic mass is 10.0. The van der Waals surface area contributed by atoms with Gasteiger partial charge in [-0.2, -0.15) is 0 Å². The number of piperidine rings is 1. The Morgan fingerprint density at radius 3 is 3.14 bits per heavy atom. The fourth-order valence-corrected chi connectivity index (χ4v) is 2.94. The zero-order chi connectivity index (χ0) is 14.7. The van der Waals surface area contributed by atoms with Gasteiger partial charge in [-0.3, -0.25) is 9.69 Å². The zero-order valence-corrected chi connectivity index (χ0v) is 12.5. The number of rotatable bonds is 4. The molecule has 1 saturated heterocycles. The Kier molecular flexibility index (Phi) is 4.20. The molecule has 0 radical (unpaired) electrons. The molecule has 2 aromatic heterocycles. The first-order valence-corrected chi connectivity index (χ1v) is 7.70. The predicted molar refractivity (Wildman–Crippen MR) is 82.4 cm³/mol. The summed E-state index contributed by atoms with van der Waals surface area (Å²) in [7, 11) is 0. The summed E-state index contributed by atoms with van der Waals surface area (Å²) >= 11 is 0. The zero-order valence-electron chi connectivity index (χ0n) is 12.5. The second-order valence-electron chi connectivity index (χ2n) is 5.73. The molecule has 1 amide bonds. The highest BCUT2D eigenvalue weighted by Gasteiger charge is 2.18. The van der Waals surface area contributed by atoms with Crippen LogP contribution in [0.15, 0.2) is 30.6 Å². The fraction of sp³-hybridized carbons (Fsp3) is 0.500. The second-order valence-corrected chi connectivity index (χ2v) is 5.73. The number of fused-ring (bicyclic) bond motifs is 1. The summed E-state index contributed by atoms with van der Waals surface area (Å²) in [6, 6.07) is 6.37. The van der Waals surface area contributed by atoms with Crippen molar-refractivity contribution in [3.63, 3.8) is 0 Å². The first-order chi connectivity index (χ1) is 10.2. The summed E-state index contributed by atoms with van der Waals surface area (Å²) < 4.78 is 1.86. The molecule has 5 nitrogen and oxygen atoms in total. The Balaban J connectivity index is 1.54. The van der Waals surface area contributed by atoms with E-state index in [-0.39, 0.29) is 5.91 Å². The van der Waals surface area contributed by atoms with Crippen molar-refractivity contribution >= 4 is 11.6 Å². The number of aromatic nitrogens is 2. The van der Waals surface area contributed by atoms with Gasteiger partial charge < -0.3 is 9.72 Å². The molecule has 1 aliphatic rings. The van der Waals surface area contributed by atoms with Crippen LogP contribution >= 0.6 is 0 Å². The van der Waals surface area contributed by atoms with Crippen LogP contribution in [0.5, 0.6) is 0 Å². The molecular formula is C16H22N4O. The van der Waals surface area contributed by atoms with Crippen molar-refractivity contribution in [2.75, 3.05) is 19.6 Å². The Hall–Kier alpha value is -1.88. The maximum atomic E-state index is 12.1. The van der Waals surface area contributed by atoms with E-state index < -0.39 is 0 Å². The number of imidazole rings is 1. The number of amides is 1. The molecule has 1 atom stereocenters. The number of hydrogen-bond donors (Lipinski definition) is 1. The van der Waals surface area contributed by atoms with E-state index >= 15 is 0 Å². The van der Waals surface area contributed by atoms with E-state index in [0.29, 0.717) is 18.3 Å². The van der Waals surface area contributed by atoms with Crippen molar-refractivity contribution in [2.45, 2.75) is 32.2 Å². The Bertz CT molecular complexity index is 589. The monoisotopic (exact) mass is 286 g/mol. The van der Waals surface area contributed by atoms with Gasteiger partial charge in [0.25, 0.3) is 5.91 Å². The normalized spacial score (nSPS) is 19.8. The van der Waals surface area contributed by atoms with Crippen LogP contribution in [0.25, 0.3) is 5.65 Å². The Morgan fingerprint density at radius 2 is 2.33 bits per heavy atom. The van der Waals surface area contributed by atoms with Crippen LogP contribution in [0.3, 0.4) is 0 Å². The van der Waals surface area contributed by atoms with Gasteiger partial charge in [-0.25, -0.2) is 4.98 Å². The summed E-state index contributed by atoms with van der Waals surface area (Å²) in [6.45, 7) is 5.01. The average Bonchev–Trinajstić information content (AvgIpc) is 2.93. The highest BCUT2D eigenvalue weighted by atomic mass is 16.1. The van der Waals surface area contributed by atoms with Crippen molar-refractivity contribution in [1.29, 1.82) is 0 Å². The van der Waals surface area contributed by atoms with E-state index in [1.165, 1.54) is 19.3 Å². The smallest absolute Gasteiger partial charge is 0.271 e. The predicted octanol–water partition coefficient (Wildman–Crippen LogP) is 1.94. The Labute approximate surface area is 125 Å². The van der Waals surface area contributed by atoms with Gasteiger partial charge in [0.1, 0.15) is 11.3 Å². The van der Waals surface area contributed by atoms with E-state index in [9.17, 15) is 4.79 Å². The highest BCUT2D eigenvalue weighted by molar-refractivity contribution is 5.92. The average molecular weight is 286 g/mol. The van der Waals surface area contributed by atoms with Crippen LogP contribution in [0.2, 0.25) is 0 Å². The second kappa shape index (κ2) is 6.26. The van der Waals surface area contributed by atoms with Crippen molar-refractivity contribution in [2.24, 2.45) is 0 Å². The highest BCUT2D eigenvalue weighted by Crippen LogP contribution is 2.15. The van der Waals surface area contributed by atoms with Crippen LogP contribution < -0.4 is 5.32 Å². The van der Waals surface area contributed by atoms with E-state index in [1.807, 2.05) is 28.8 Å². The third-order valence-electron chi connectivity index (χ3n) is 4.22. The number of pyridine rings is 1.